The van der Waals surface area contributed by atoms with Crippen LogP contribution >= 0.6 is 0 Å². The van der Waals surface area contributed by atoms with Gasteiger partial charge in [0.1, 0.15) is 5.75 Å². The Balaban J connectivity index is 1.85. The van der Waals surface area contributed by atoms with Crippen molar-refractivity contribution in [1.82, 2.24) is 15.2 Å². The van der Waals surface area contributed by atoms with Gasteiger partial charge in [-0.3, -0.25) is 10.1 Å². The number of benzene rings is 1. The highest BCUT2D eigenvalue weighted by Gasteiger charge is 2.11. The molecule has 0 atom stereocenters. The van der Waals surface area contributed by atoms with Crippen molar-refractivity contribution in [2.45, 2.75) is 20.1 Å². The van der Waals surface area contributed by atoms with Crippen molar-refractivity contribution in [3.8, 4) is 5.75 Å². The van der Waals surface area contributed by atoms with E-state index < -0.39 is 0 Å². The van der Waals surface area contributed by atoms with Crippen LogP contribution in [0.25, 0.3) is 10.9 Å². The van der Waals surface area contributed by atoms with Crippen molar-refractivity contribution in [2.75, 3.05) is 5.32 Å². The average molecular weight is 284 g/mol. The molecular weight excluding hydrogens is 268 g/mol. The standard InChI is InChI=1S/C15H16N4O2/c1-9-15(21)13(11(8-20)5-16-9)7-17-12-2-3-14-10(4-12)6-18-19-14/h2-6,17,20-21H,7-8H2,1H3,(H,18,19). The summed E-state index contributed by atoms with van der Waals surface area (Å²) in [7, 11) is 0. The van der Waals surface area contributed by atoms with E-state index in [0.717, 1.165) is 16.6 Å². The topological polar surface area (TPSA) is 94.1 Å². The quantitative estimate of drug-likeness (QED) is 0.588. The smallest absolute Gasteiger partial charge is 0.142 e. The molecule has 0 spiro atoms. The molecule has 1 aromatic carbocycles. The molecule has 6 nitrogen and oxygen atoms in total. The Morgan fingerprint density at radius 3 is 2.95 bits per heavy atom. The summed E-state index contributed by atoms with van der Waals surface area (Å²) >= 11 is 0. The zero-order chi connectivity index (χ0) is 14.8. The lowest BCUT2D eigenvalue weighted by Gasteiger charge is -2.13. The molecule has 3 aromatic rings. The first-order valence-electron chi connectivity index (χ1n) is 6.63. The highest BCUT2D eigenvalue weighted by atomic mass is 16.3. The van der Waals surface area contributed by atoms with Crippen LogP contribution in [0.3, 0.4) is 0 Å². The zero-order valence-corrected chi connectivity index (χ0v) is 11.6. The zero-order valence-electron chi connectivity index (χ0n) is 11.6. The number of aliphatic hydroxyl groups is 1. The van der Waals surface area contributed by atoms with Gasteiger partial charge in [0.05, 0.1) is 24.0 Å². The van der Waals surface area contributed by atoms with Crippen molar-refractivity contribution in [2.24, 2.45) is 0 Å². The molecule has 0 fully saturated rings. The van der Waals surface area contributed by atoms with E-state index in [4.69, 9.17) is 0 Å². The summed E-state index contributed by atoms with van der Waals surface area (Å²) in [5.74, 6) is 0.124. The Kier molecular flexibility index (Phi) is 3.45. The van der Waals surface area contributed by atoms with Crippen molar-refractivity contribution in [3.05, 3.63) is 47.4 Å². The van der Waals surface area contributed by atoms with Crippen molar-refractivity contribution in [3.63, 3.8) is 0 Å². The van der Waals surface area contributed by atoms with E-state index in [9.17, 15) is 10.2 Å². The summed E-state index contributed by atoms with van der Waals surface area (Å²) in [4.78, 5) is 4.05. The number of nitrogens with zero attached hydrogens (tertiary/aromatic N) is 2. The van der Waals surface area contributed by atoms with Crippen LogP contribution in [-0.4, -0.2) is 25.4 Å². The maximum Gasteiger partial charge on any atom is 0.142 e. The van der Waals surface area contributed by atoms with Crippen molar-refractivity contribution < 1.29 is 10.2 Å². The van der Waals surface area contributed by atoms with Crippen LogP contribution in [0.15, 0.2) is 30.6 Å². The molecule has 3 rings (SSSR count). The highest BCUT2D eigenvalue weighted by molar-refractivity contribution is 5.81. The van der Waals surface area contributed by atoms with Gasteiger partial charge in [-0.15, -0.1) is 0 Å². The molecule has 0 bridgehead atoms. The van der Waals surface area contributed by atoms with Gasteiger partial charge >= 0.3 is 0 Å². The van der Waals surface area contributed by atoms with Gasteiger partial charge in [0.2, 0.25) is 0 Å². The second kappa shape index (κ2) is 5.41. The lowest BCUT2D eigenvalue weighted by atomic mass is 10.1. The monoisotopic (exact) mass is 284 g/mol. The molecule has 108 valence electrons. The molecule has 0 saturated carbocycles. The normalized spacial score (nSPS) is 11.0. The number of aryl methyl sites for hydroxylation is 1. The molecule has 0 aliphatic carbocycles. The summed E-state index contributed by atoms with van der Waals surface area (Å²) in [6.45, 7) is 1.99. The molecular formula is C15H16N4O2. The molecule has 4 N–H and O–H groups in total. The van der Waals surface area contributed by atoms with Crippen LogP contribution in [0.4, 0.5) is 5.69 Å². The maximum absolute atomic E-state index is 10.1. The number of aromatic amines is 1. The first-order chi connectivity index (χ1) is 10.2. The number of nitrogens with one attached hydrogen (secondary N) is 2. The Morgan fingerprint density at radius 2 is 2.14 bits per heavy atom. The lowest BCUT2D eigenvalue weighted by Crippen LogP contribution is -2.05. The van der Waals surface area contributed by atoms with Crippen LogP contribution in [0.2, 0.25) is 0 Å². The van der Waals surface area contributed by atoms with E-state index in [1.54, 1.807) is 19.3 Å². The summed E-state index contributed by atoms with van der Waals surface area (Å²) in [5, 5.41) is 30.6. The number of hydrogen-bond donors (Lipinski definition) is 4. The Morgan fingerprint density at radius 1 is 1.29 bits per heavy atom. The largest absolute Gasteiger partial charge is 0.506 e. The maximum atomic E-state index is 10.1. The summed E-state index contributed by atoms with van der Waals surface area (Å²) < 4.78 is 0. The average Bonchev–Trinajstić information content (AvgIpc) is 2.96. The third-order valence-corrected chi connectivity index (χ3v) is 3.51. The predicted molar refractivity (Wildman–Crippen MR) is 80.0 cm³/mol. The van der Waals surface area contributed by atoms with Gasteiger partial charge in [-0.05, 0) is 25.1 Å². The molecule has 0 saturated heterocycles. The van der Waals surface area contributed by atoms with E-state index in [1.165, 1.54) is 0 Å². The number of pyridine rings is 1. The fourth-order valence-electron chi connectivity index (χ4n) is 2.26. The Hall–Kier alpha value is -2.60. The van der Waals surface area contributed by atoms with Crippen molar-refractivity contribution in [1.29, 1.82) is 0 Å². The third kappa shape index (κ3) is 2.53. The third-order valence-electron chi connectivity index (χ3n) is 3.51. The van der Waals surface area contributed by atoms with E-state index in [1.807, 2.05) is 18.2 Å². The second-order valence-electron chi connectivity index (χ2n) is 4.88. The van der Waals surface area contributed by atoms with Gasteiger partial charge in [0.25, 0.3) is 0 Å². The van der Waals surface area contributed by atoms with Crippen LogP contribution < -0.4 is 5.32 Å². The minimum absolute atomic E-state index is 0.124. The van der Waals surface area contributed by atoms with E-state index in [-0.39, 0.29) is 12.4 Å². The molecule has 2 aromatic heterocycles. The molecule has 0 aliphatic heterocycles. The first-order valence-corrected chi connectivity index (χ1v) is 6.63. The molecule has 6 heteroatoms. The minimum Gasteiger partial charge on any atom is -0.506 e. The molecule has 0 aliphatic rings. The minimum atomic E-state index is -0.154. The number of fused-ring (bicyclic) bond motifs is 1. The number of anilines is 1. The van der Waals surface area contributed by atoms with Gasteiger partial charge in [0.15, 0.2) is 0 Å². The summed E-state index contributed by atoms with van der Waals surface area (Å²) in [6, 6.07) is 5.85. The Labute approximate surface area is 121 Å². The van der Waals surface area contributed by atoms with Gasteiger partial charge in [-0.25, -0.2) is 0 Å². The molecule has 21 heavy (non-hydrogen) atoms. The number of aromatic nitrogens is 3. The number of H-pyrrole nitrogens is 1. The van der Waals surface area contributed by atoms with Crippen molar-refractivity contribution >= 4 is 16.6 Å². The van der Waals surface area contributed by atoms with Crippen LogP contribution in [0.5, 0.6) is 5.75 Å². The number of rotatable bonds is 4. The van der Waals surface area contributed by atoms with E-state index in [0.29, 0.717) is 23.4 Å². The highest BCUT2D eigenvalue weighted by Crippen LogP contribution is 2.25. The molecule has 0 unspecified atom stereocenters. The van der Waals surface area contributed by atoms with Crippen LogP contribution in [-0.2, 0) is 13.2 Å². The number of hydrogen-bond acceptors (Lipinski definition) is 5. The van der Waals surface area contributed by atoms with Gasteiger partial charge in [-0.1, -0.05) is 0 Å². The second-order valence-corrected chi connectivity index (χ2v) is 4.88. The van der Waals surface area contributed by atoms with Crippen LogP contribution in [0, 0.1) is 6.92 Å². The lowest BCUT2D eigenvalue weighted by molar-refractivity contribution is 0.279. The SMILES string of the molecule is Cc1ncc(CO)c(CNc2ccc3[nH]ncc3c2)c1O. The summed E-state index contributed by atoms with van der Waals surface area (Å²) in [5.41, 5.74) is 3.72. The number of aromatic hydroxyl groups is 1. The van der Waals surface area contributed by atoms with Gasteiger partial charge < -0.3 is 15.5 Å². The first kappa shape index (κ1) is 13.4. The summed E-state index contributed by atoms with van der Waals surface area (Å²) in [6.07, 6.45) is 3.35. The van der Waals surface area contributed by atoms with Gasteiger partial charge in [0, 0.05) is 34.9 Å². The molecule has 0 radical (unpaired) electrons. The fourth-order valence-corrected chi connectivity index (χ4v) is 2.26. The van der Waals surface area contributed by atoms with Gasteiger partial charge in [-0.2, -0.15) is 5.10 Å². The van der Waals surface area contributed by atoms with Crippen LogP contribution in [0.1, 0.15) is 16.8 Å². The van der Waals surface area contributed by atoms with E-state index in [2.05, 4.69) is 20.5 Å². The fraction of sp³-hybridized carbons (Fsp3) is 0.200. The predicted octanol–water partition coefficient (Wildman–Crippen LogP) is 2.08. The van der Waals surface area contributed by atoms with E-state index >= 15 is 0 Å². The molecule has 0 amide bonds. The molecule has 2 heterocycles. The Bertz CT molecular complexity index is 782. The number of aliphatic hydroxyl groups excluding tert-OH is 1.